The minimum absolute atomic E-state index is 0.107. The van der Waals surface area contributed by atoms with Gasteiger partial charge in [0.15, 0.2) is 0 Å². The maximum Gasteiger partial charge on any atom is 0.237 e. The third-order valence-corrected chi connectivity index (χ3v) is 5.86. The van der Waals surface area contributed by atoms with Crippen molar-refractivity contribution in [1.82, 2.24) is 20.2 Å². The fraction of sp³-hybridized carbons (Fsp3) is 0.200. The van der Waals surface area contributed by atoms with Crippen LogP contribution in [0.25, 0.3) is 22.0 Å². The maximum absolute atomic E-state index is 12.8. The van der Waals surface area contributed by atoms with Gasteiger partial charge in [-0.15, -0.1) is 0 Å². The summed E-state index contributed by atoms with van der Waals surface area (Å²) in [6.07, 6.45) is 6.37. The van der Waals surface area contributed by atoms with Crippen LogP contribution in [-0.4, -0.2) is 39.9 Å². The van der Waals surface area contributed by atoms with Crippen LogP contribution in [0.3, 0.4) is 0 Å². The highest BCUT2D eigenvalue weighted by molar-refractivity contribution is 5.84. The smallest absolute Gasteiger partial charge is 0.237 e. The van der Waals surface area contributed by atoms with Crippen LogP contribution in [0.4, 0.5) is 0 Å². The third kappa shape index (κ3) is 3.72. The summed E-state index contributed by atoms with van der Waals surface area (Å²) in [6, 6.07) is 20.6. The normalized spacial score (nSPS) is 17.2. The van der Waals surface area contributed by atoms with E-state index in [0.29, 0.717) is 13.0 Å². The lowest BCUT2D eigenvalue weighted by molar-refractivity contribution is -0.129. The third-order valence-electron chi connectivity index (χ3n) is 5.86. The van der Waals surface area contributed by atoms with Gasteiger partial charge in [-0.25, -0.2) is 0 Å². The molecule has 2 aromatic carbocycles. The second-order valence-electron chi connectivity index (χ2n) is 7.78. The molecule has 0 unspecified atom stereocenters. The predicted octanol–water partition coefficient (Wildman–Crippen LogP) is 3.77. The van der Waals surface area contributed by atoms with E-state index in [9.17, 15) is 4.79 Å². The van der Waals surface area contributed by atoms with Gasteiger partial charge in [0.05, 0.1) is 6.04 Å². The number of nitrogens with zero attached hydrogens (tertiary/aromatic N) is 2. The van der Waals surface area contributed by atoms with E-state index in [-0.39, 0.29) is 11.9 Å². The van der Waals surface area contributed by atoms with E-state index in [1.807, 2.05) is 18.2 Å². The second kappa shape index (κ2) is 8.13. The van der Waals surface area contributed by atoms with Crippen molar-refractivity contribution in [3.8, 4) is 11.1 Å². The molecule has 5 rings (SSSR count). The van der Waals surface area contributed by atoms with Crippen LogP contribution in [0.5, 0.6) is 0 Å². The molecule has 1 fully saturated rings. The van der Waals surface area contributed by atoms with Gasteiger partial charge in [-0.1, -0.05) is 42.5 Å². The molecule has 0 bridgehead atoms. The van der Waals surface area contributed by atoms with Crippen molar-refractivity contribution in [2.75, 3.05) is 13.1 Å². The standard InChI is InChI=1S/C25H24N4O/c30-25-24(15-18-4-3-5-20(14-18)19-8-10-26-11-9-19)29(13-12-27-25)17-21-16-28-23-7-2-1-6-22(21)23/h1-11,14,16,24,28H,12-13,15,17H2,(H,27,30)/t24-/m1/s1. The number of H-pyrrole nitrogens is 1. The lowest BCUT2D eigenvalue weighted by atomic mass is 9.97. The molecular formula is C25H24N4O. The fourth-order valence-corrected chi connectivity index (χ4v) is 4.30. The number of pyridine rings is 1. The average Bonchev–Trinajstić information content (AvgIpc) is 3.20. The summed E-state index contributed by atoms with van der Waals surface area (Å²) >= 11 is 0. The van der Waals surface area contributed by atoms with Gasteiger partial charge in [0.2, 0.25) is 5.91 Å². The van der Waals surface area contributed by atoms with E-state index in [0.717, 1.165) is 35.3 Å². The Balaban J connectivity index is 1.40. The number of rotatable bonds is 5. The Labute approximate surface area is 175 Å². The molecule has 1 aliphatic heterocycles. The SMILES string of the molecule is O=C1NCCN(Cc2c[nH]c3ccccc23)[C@@H]1Cc1cccc(-c2ccncc2)c1. The molecule has 0 saturated carbocycles. The Morgan fingerprint density at radius 3 is 2.77 bits per heavy atom. The minimum atomic E-state index is -0.180. The van der Waals surface area contributed by atoms with Crippen molar-refractivity contribution in [2.45, 2.75) is 19.0 Å². The minimum Gasteiger partial charge on any atom is -0.361 e. The first kappa shape index (κ1) is 18.6. The first-order valence-corrected chi connectivity index (χ1v) is 10.3. The lowest BCUT2D eigenvalue weighted by Crippen LogP contribution is -2.55. The summed E-state index contributed by atoms with van der Waals surface area (Å²) in [5.41, 5.74) is 5.81. The van der Waals surface area contributed by atoms with E-state index in [2.05, 4.69) is 68.8 Å². The summed E-state index contributed by atoms with van der Waals surface area (Å²) < 4.78 is 0. The van der Waals surface area contributed by atoms with E-state index >= 15 is 0 Å². The first-order valence-electron chi connectivity index (χ1n) is 10.3. The summed E-state index contributed by atoms with van der Waals surface area (Å²) in [5, 5.41) is 4.27. The van der Waals surface area contributed by atoms with Gasteiger partial charge in [-0.2, -0.15) is 0 Å². The zero-order valence-corrected chi connectivity index (χ0v) is 16.7. The molecule has 1 atom stereocenters. The zero-order chi connectivity index (χ0) is 20.3. The first-order chi connectivity index (χ1) is 14.8. The van der Waals surface area contributed by atoms with Crippen molar-refractivity contribution in [2.24, 2.45) is 0 Å². The quantitative estimate of drug-likeness (QED) is 0.540. The van der Waals surface area contributed by atoms with Crippen molar-refractivity contribution in [3.05, 3.63) is 90.4 Å². The van der Waals surface area contributed by atoms with Crippen LogP contribution in [0.15, 0.2) is 79.3 Å². The number of fused-ring (bicyclic) bond motifs is 1. The van der Waals surface area contributed by atoms with Crippen molar-refractivity contribution in [1.29, 1.82) is 0 Å². The Hall–Kier alpha value is -3.44. The molecule has 1 saturated heterocycles. The predicted molar refractivity (Wildman–Crippen MR) is 119 cm³/mol. The van der Waals surface area contributed by atoms with E-state index in [1.165, 1.54) is 10.9 Å². The zero-order valence-electron chi connectivity index (χ0n) is 16.7. The monoisotopic (exact) mass is 396 g/mol. The van der Waals surface area contributed by atoms with E-state index < -0.39 is 0 Å². The Morgan fingerprint density at radius 1 is 1.00 bits per heavy atom. The molecule has 4 aromatic rings. The molecule has 150 valence electrons. The highest BCUT2D eigenvalue weighted by atomic mass is 16.2. The summed E-state index contributed by atoms with van der Waals surface area (Å²) in [5.74, 6) is 0.107. The van der Waals surface area contributed by atoms with Gasteiger partial charge in [-0.3, -0.25) is 14.7 Å². The number of para-hydroxylation sites is 1. The molecule has 0 aliphatic carbocycles. The topological polar surface area (TPSA) is 61.0 Å². The number of amides is 1. The Morgan fingerprint density at radius 2 is 1.87 bits per heavy atom. The Kier molecular flexibility index (Phi) is 5.03. The maximum atomic E-state index is 12.8. The number of carbonyl (C=O) groups is 1. The fourth-order valence-electron chi connectivity index (χ4n) is 4.30. The van der Waals surface area contributed by atoms with Crippen molar-refractivity contribution < 1.29 is 4.79 Å². The molecule has 1 amide bonds. The number of hydrogen-bond acceptors (Lipinski definition) is 3. The summed E-state index contributed by atoms with van der Waals surface area (Å²) in [7, 11) is 0. The lowest BCUT2D eigenvalue weighted by Gasteiger charge is -2.35. The number of piperazine rings is 1. The van der Waals surface area contributed by atoms with Crippen molar-refractivity contribution in [3.63, 3.8) is 0 Å². The van der Waals surface area contributed by atoms with Gasteiger partial charge in [0.25, 0.3) is 0 Å². The van der Waals surface area contributed by atoms with Gasteiger partial charge >= 0.3 is 0 Å². The Bertz CT molecular complexity index is 1170. The van der Waals surface area contributed by atoms with Crippen LogP contribution in [0.1, 0.15) is 11.1 Å². The summed E-state index contributed by atoms with van der Waals surface area (Å²) in [6.45, 7) is 2.29. The van der Waals surface area contributed by atoms with Crippen LogP contribution >= 0.6 is 0 Å². The molecule has 5 heteroatoms. The van der Waals surface area contributed by atoms with Gasteiger partial charge < -0.3 is 10.3 Å². The molecular weight excluding hydrogens is 372 g/mol. The second-order valence-corrected chi connectivity index (χ2v) is 7.78. The van der Waals surface area contributed by atoms with E-state index in [1.54, 1.807) is 12.4 Å². The number of aromatic amines is 1. The number of hydrogen-bond donors (Lipinski definition) is 2. The molecule has 3 heterocycles. The molecule has 0 radical (unpaired) electrons. The molecule has 5 nitrogen and oxygen atoms in total. The van der Waals surface area contributed by atoms with Crippen LogP contribution in [0.2, 0.25) is 0 Å². The number of nitrogens with one attached hydrogen (secondary N) is 2. The van der Waals surface area contributed by atoms with Gasteiger partial charge in [-0.05, 0) is 46.9 Å². The largest absolute Gasteiger partial charge is 0.361 e. The number of aromatic nitrogens is 2. The molecule has 1 aliphatic rings. The highest BCUT2D eigenvalue weighted by Crippen LogP contribution is 2.24. The molecule has 2 aromatic heterocycles. The highest BCUT2D eigenvalue weighted by Gasteiger charge is 2.30. The van der Waals surface area contributed by atoms with Crippen molar-refractivity contribution >= 4 is 16.8 Å². The van der Waals surface area contributed by atoms with Crippen LogP contribution in [0, 0.1) is 0 Å². The average molecular weight is 396 g/mol. The van der Waals surface area contributed by atoms with Crippen LogP contribution < -0.4 is 5.32 Å². The number of carbonyl (C=O) groups excluding carboxylic acids is 1. The molecule has 30 heavy (non-hydrogen) atoms. The van der Waals surface area contributed by atoms with Crippen LogP contribution in [-0.2, 0) is 17.8 Å². The van der Waals surface area contributed by atoms with E-state index in [4.69, 9.17) is 0 Å². The summed E-state index contributed by atoms with van der Waals surface area (Å²) in [4.78, 5) is 22.5. The molecule has 2 N–H and O–H groups in total. The van der Waals surface area contributed by atoms with Gasteiger partial charge in [0.1, 0.15) is 0 Å². The molecule has 0 spiro atoms. The number of benzene rings is 2. The van der Waals surface area contributed by atoms with Gasteiger partial charge in [0, 0.05) is 49.1 Å².